The highest BCUT2D eigenvalue weighted by Crippen LogP contribution is 2.32. The van der Waals surface area contributed by atoms with Crippen molar-refractivity contribution in [1.82, 2.24) is 4.90 Å². The van der Waals surface area contributed by atoms with Crippen LogP contribution in [0.15, 0.2) is 35.3 Å². The summed E-state index contributed by atoms with van der Waals surface area (Å²) in [5, 5.41) is 3.11. The number of nitrogens with one attached hydrogen (secondary N) is 1. The van der Waals surface area contributed by atoms with Crippen LogP contribution in [0.4, 0.5) is 5.69 Å². The summed E-state index contributed by atoms with van der Waals surface area (Å²) in [4.78, 5) is 6.76. The maximum Gasteiger partial charge on any atom is 0.193 e. The second-order valence-corrected chi connectivity index (χ2v) is 5.66. The lowest BCUT2D eigenvalue weighted by Crippen LogP contribution is -2.31. The van der Waals surface area contributed by atoms with E-state index < -0.39 is 0 Å². The van der Waals surface area contributed by atoms with E-state index in [-0.39, 0.29) is 24.0 Å². The summed E-state index contributed by atoms with van der Waals surface area (Å²) < 4.78 is 11.3. The lowest BCUT2D eigenvalue weighted by atomic mass is 10.2. The first-order valence-electron chi connectivity index (χ1n) is 8.15. The summed E-state index contributed by atoms with van der Waals surface area (Å²) in [5.41, 5.74) is 6.82. The summed E-state index contributed by atoms with van der Waals surface area (Å²) in [6.07, 6.45) is 6.44. The topological polar surface area (TPSA) is 72.1 Å². The summed E-state index contributed by atoms with van der Waals surface area (Å²) in [7, 11) is 0. The van der Waals surface area contributed by atoms with Crippen LogP contribution in [-0.4, -0.2) is 50.3 Å². The lowest BCUT2D eigenvalue weighted by molar-refractivity contribution is 0.297. The molecule has 3 rings (SSSR count). The summed E-state index contributed by atoms with van der Waals surface area (Å²) in [6, 6.07) is 5.72. The van der Waals surface area contributed by atoms with Gasteiger partial charge in [0, 0.05) is 37.8 Å². The second-order valence-electron chi connectivity index (χ2n) is 5.66. The van der Waals surface area contributed by atoms with Gasteiger partial charge in [-0.05, 0) is 18.6 Å². The number of anilines is 1. The van der Waals surface area contributed by atoms with Crippen molar-refractivity contribution in [1.29, 1.82) is 0 Å². The molecule has 0 saturated carbocycles. The van der Waals surface area contributed by atoms with E-state index in [1.807, 2.05) is 18.2 Å². The Hall–Kier alpha value is -1.48. The van der Waals surface area contributed by atoms with Crippen molar-refractivity contribution < 1.29 is 9.47 Å². The smallest absolute Gasteiger partial charge is 0.193 e. The minimum atomic E-state index is 0. The number of halogens is 1. The Bertz CT molecular complexity index is 592. The van der Waals surface area contributed by atoms with Crippen LogP contribution in [0.1, 0.15) is 12.8 Å². The number of hydrogen-bond donors (Lipinski definition) is 2. The van der Waals surface area contributed by atoms with Gasteiger partial charge in [-0.2, -0.15) is 0 Å². The van der Waals surface area contributed by atoms with Gasteiger partial charge in [0.25, 0.3) is 0 Å². The molecule has 0 bridgehead atoms. The Labute approximate surface area is 160 Å². The van der Waals surface area contributed by atoms with E-state index in [2.05, 4.69) is 27.4 Å². The molecule has 0 amide bonds. The molecule has 24 heavy (non-hydrogen) atoms. The molecule has 2 aliphatic heterocycles. The van der Waals surface area contributed by atoms with Gasteiger partial charge in [-0.15, -0.1) is 24.0 Å². The molecule has 0 unspecified atom stereocenters. The van der Waals surface area contributed by atoms with Gasteiger partial charge in [0.1, 0.15) is 0 Å². The zero-order valence-corrected chi connectivity index (χ0v) is 16.1. The van der Waals surface area contributed by atoms with Crippen LogP contribution in [0, 0.1) is 0 Å². The van der Waals surface area contributed by atoms with Crippen molar-refractivity contribution in [3.8, 4) is 11.5 Å². The van der Waals surface area contributed by atoms with Gasteiger partial charge in [-0.3, -0.25) is 9.89 Å². The van der Waals surface area contributed by atoms with Crippen LogP contribution in [-0.2, 0) is 0 Å². The first-order chi connectivity index (χ1) is 11.3. The van der Waals surface area contributed by atoms with Crippen LogP contribution in [0.3, 0.4) is 0 Å². The Morgan fingerprint density at radius 1 is 1.21 bits per heavy atom. The molecular weight excluding hydrogens is 419 g/mol. The van der Waals surface area contributed by atoms with Crippen molar-refractivity contribution in [3.05, 3.63) is 30.4 Å². The zero-order valence-electron chi connectivity index (χ0n) is 13.7. The van der Waals surface area contributed by atoms with Crippen LogP contribution in [0.2, 0.25) is 0 Å². The predicted molar refractivity (Wildman–Crippen MR) is 108 cm³/mol. The summed E-state index contributed by atoms with van der Waals surface area (Å²) >= 11 is 0. The Morgan fingerprint density at radius 2 is 2.04 bits per heavy atom. The lowest BCUT2D eigenvalue weighted by Gasteiger charge is -2.21. The molecule has 0 spiro atoms. The molecule has 0 aliphatic carbocycles. The number of guanidine groups is 1. The van der Waals surface area contributed by atoms with Gasteiger partial charge in [-0.1, -0.05) is 12.2 Å². The molecule has 0 aromatic heterocycles. The standard InChI is InChI=1S/C17H24N4O2.HI/c18-17(19-7-10-21-8-2-1-3-9-21)20-14-5-6-15-16(13-14)23-12-4-11-22-15;/h1-2,5-6,13H,3-4,7-12H2,(H3,18,19,20);1H. The fourth-order valence-electron chi connectivity index (χ4n) is 2.63. The van der Waals surface area contributed by atoms with E-state index in [9.17, 15) is 0 Å². The molecule has 1 aromatic rings. The number of nitrogens with two attached hydrogens (primary N) is 1. The van der Waals surface area contributed by atoms with Crippen molar-refractivity contribution in [3.63, 3.8) is 0 Å². The second kappa shape index (κ2) is 9.73. The minimum absolute atomic E-state index is 0. The maximum absolute atomic E-state index is 5.96. The number of benzene rings is 1. The molecule has 0 saturated heterocycles. The first kappa shape index (κ1) is 18.9. The fraction of sp³-hybridized carbons (Fsp3) is 0.471. The molecule has 6 nitrogen and oxygen atoms in total. The average molecular weight is 444 g/mol. The Balaban J connectivity index is 0.00000208. The fourth-order valence-corrected chi connectivity index (χ4v) is 2.63. The summed E-state index contributed by atoms with van der Waals surface area (Å²) in [5.74, 6) is 1.95. The molecule has 1 aromatic carbocycles. The van der Waals surface area contributed by atoms with E-state index in [0.29, 0.717) is 25.7 Å². The number of ether oxygens (including phenoxy) is 2. The highest BCUT2D eigenvalue weighted by molar-refractivity contribution is 14.0. The zero-order chi connectivity index (χ0) is 15.9. The largest absolute Gasteiger partial charge is 0.490 e. The quantitative estimate of drug-likeness (QED) is 0.323. The third-order valence-electron chi connectivity index (χ3n) is 3.86. The van der Waals surface area contributed by atoms with Crippen molar-refractivity contribution in [2.75, 3.05) is 44.7 Å². The predicted octanol–water partition coefficient (Wildman–Crippen LogP) is 2.45. The van der Waals surface area contributed by atoms with E-state index in [4.69, 9.17) is 15.2 Å². The summed E-state index contributed by atoms with van der Waals surface area (Å²) in [6.45, 7) is 5.08. The first-order valence-corrected chi connectivity index (χ1v) is 8.15. The number of aliphatic imine (C=N–C) groups is 1. The molecule has 2 heterocycles. The van der Waals surface area contributed by atoms with Crippen LogP contribution >= 0.6 is 24.0 Å². The molecule has 132 valence electrons. The van der Waals surface area contributed by atoms with Gasteiger partial charge >= 0.3 is 0 Å². The van der Waals surface area contributed by atoms with Crippen LogP contribution < -0.4 is 20.5 Å². The Morgan fingerprint density at radius 3 is 2.83 bits per heavy atom. The normalized spacial score (nSPS) is 17.8. The van der Waals surface area contributed by atoms with Gasteiger partial charge < -0.3 is 20.5 Å². The monoisotopic (exact) mass is 444 g/mol. The third kappa shape index (κ3) is 5.55. The van der Waals surface area contributed by atoms with Gasteiger partial charge in [-0.25, -0.2) is 0 Å². The molecule has 0 fully saturated rings. The number of nitrogens with zero attached hydrogens (tertiary/aromatic N) is 2. The van der Waals surface area contributed by atoms with Gasteiger partial charge in [0.05, 0.1) is 19.8 Å². The number of hydrogen-bond acceptors (Lipinski definition) is 4. The van der Waals surface area contributed by atoms with E-state index in [1.54, 1.807) is 0 Å². The van der Waals surface area contributed by atoms with Gasteiger partial charge in [0.15, 0.2) is 17.5 Å². The Kier molecular flexibility index (Phi) is 7.64. The van der Waals surface area contributed by atoms with Crippen molar-refractivity contribution in [2.24, 2.45) is 10.7 Å². The highest BCUT2D eigenvalue weighted by atomic mass is 127. The van der Waals surface area contributed by atoms with Crippen molar-refractivity contribution in [2.45, 2.75) is 12.8 Å². The van der Waals surface area contributed by atoms with Gasteiger partial charge in [0.2, 0.25) is 0 Å². The average Bonchev–Trinajstić information content (AvgIpc) is 2.81. The van der Waals surface area contributed by atoms with E-state index in [1.165, 1.54) is 0 Å². The molecule has 7 heteroatoms. The third-order valence-corrected chi connectivity index (χ3v) is 3.86. The maximum atomic E-state index is 5.96. The van der Waals surface area contributed by atoms with Crippen LogP contribution in [0.25, 0.3) is 0 Å². The molecule has 2 aliphatic rings. The van der Waals surface area contributed by atoms with Crippen LogP contribution in [0.5, 0.6) is 11.5 Å². The highest BCUT2D eigenvalue weighted by Gasteiger charge is 2.11. The van der Waals surface area contributed by atoms with E-state index >= 15 is 0 Å². The minimum Gasteiger partial charge on any atom is -0.490 e. The molecule has 0 atom stereocenters. The van der Waals surface area contributed by atoms with E-state index in [0.717, 1.165) is 49.7 Å². The van der Waals surface area contributed by atoms with Crippen molar-refractivity contribution >= 4 is 35.6 Å². The SMILES string of the molecule is I.NC(=NCCN1CC=CCC1)Nc1ccc2c(c1)OCCCO2. The molecule has 3 N–H and O–H groups in total. The molecule has 0 radical (unpaired) electrons. The number of fused-ring (bicyclic) bond motifs is 1. The molecular formula is C17H25IN4O2. The number of rotatable bonds is 4.